The normalized spacial score (nSPS) is 10.3. The van der Waals surface area contributed by atoms with Gasteiger partial charge in [0.2, 0.25) is 0 Å². The van der Waals surface area contributed by atoms with Crippen molar-refractivity contribution in [3.05, 3.63) is 55.9 Å². The van der Waals surface area contributed by atoms with Gasteiger partial charge < -0.3 is 0 Å². The molecule has 0 aliphatic rings. The highest BCUT2D eigenvalue weighted by Gasteiger charge is 2.16. The first-order chi connectivity index (χ1) is 9.36. The summed E-state index contributed by atoms with van der Waals surface area (Å²) in [5, 5.41) is 12.2. The Morgan fingerprint density at radius 1 is 1.25 bits per heavy atom. The van der Waals surface area contributed by atoms with Crippen LogP contribution in [0.5, 0.6) is 0 Å². The number of hydrogen-bond donors (Lipinski definition) is 0. The molecule has 0 N–H and O–H groups in total. The number of nitrogens with zero attached hydrogens (tertiary/aromatic N) is 4. The van der Waals surface area contributed by atoms with Crippen LogP contribution in [0, 0.1) is 29.9 Å². The molecule has 20 heavy (non-hydrogen) atoms. The molecule has 1 heterocycles. The van der Waals surface area contributed by atoms with E-state index in [9.17, 15) is 18.4 Å². The standard InChI is InChI=1S/C12H8F2N4O2/c1-6-11(19)17(2)12(20)18(16-6)10-4-8(13)7(5-15)3-9(10)14/h3-4H,1-2H3. The highest BCUT2D eigenvalue weighted by molar-refractivity contribution is 5.41. The van der Waals surface area contributed by atoms with Crippen LogP contribution in [0.1, 0.15) is 11.3 Å². The zero-order valence-corrected chi connectivity index (χ0v) is 10.5. The lowest BCUT2D eigenvalue weighted by Crippen LogP contribution is -2.40. The molecule has 2 aromatic rings. The molecule has 1 aromatic carbocycles. The topological polar surface area (TPSA) is 80.7 Å². The first-order valence-electron chi connectivity index (χ1n) is 5.43. The third-order valence-electron chi connectivity index (χ3n) is 2.72. The van der Waals surface area contributed by atoms with Crippen LogP contribution in [-0.2, 0) is 7.05 Å². The lowest BCUT2D eigenvalue weighted by atomic mass is 10.2. The van der Waals surface area contributed by atoms with Gasteiger partial charge in [-0.3, -0.25) is 9.36 Å². The zero-order chi connectivity index (χ0) is 15.0. The van der Waals surface area contributed by atoms with Gasteiger partial charge in [0.15, 0.2) is 5.82 Å². The van der Waals surface area contributed by atoms with E-state index in [1.807, 2.05) is 0 Å². The average Bonchev–Trinajstić information content (AvgIpc) is 2.42. The first-order valence-corrected chi connectivity index (χ1v) is 5.43. The maximum atomic E-state index is 13.8. The van der Waals surface area contributed by atoms with Crippen molar-refractivity contribution in [1.29, 1.82) is 5.26 Å². The smallest absolute Gasteiger partial charge is 0.267 e. The number of benzene rings is 1. The second kappa shape index (κ2) is 4.70. The zero-order valence-electron chi connectivity index (χ0n) is 10.5. The Morgan fingerprint density at radius 3 is 2.50 bits per heavy atom. The van der Waals surface area contributed by atoms with E-state index in [4.69, 9.17) is 5.26 Å². The number of rotatable bonds is 1. The molecule has 0 unspecified atom stereocenters. The maximum Gasteiger partial charge on any atom is 0.352 e. The summed E-state index contributed by atoms with van der Waals surface area (Å²) >= 11 is 0. The van der Waals surface area contributed by atoms with Crippen molar-refractivity contribution in [2.75, 3.05) is 0 Å². The predicted octanol–water partition coefficient (Wildman–Crippen LogP) is 0.389. The van der Waals surface area contributed by atoms with Crippen LogP contribution in [0.3, 0.4) is 0 Å². The minimum Gasteiger partial charge on any atom is -0.267 e. The Labute approximate surface area is 111 Å². The molecule has 8 heteroatoms. The van der Waals surface area contributed by atoms with E-state index in [2.05, 4.69) is 5.10 Å². The molecule has 0 aliphatic carbocycles. The molecule has 0 radical (unpaired) electrons. The third-order valence-corrected chi connectivity index (χ3v) is 2.72. The van der Waals surface area contributed by atoms with E-state index in [0.29, 0.717) is 16.8 Å². The molecule has 0 aliphatic heterocycles. The second-order valence-corrected chi connectivity index (χ2v) is 4.04. The van der Waals surface area contributed by atoms with Gasteiger partial charge in [0, 0.05) is 13.1 Å². The molecule has 102 valence electrons. The molecule has 0 fully saturated rings. The van der Waals surface area contributed by atoms with Crippen LogP contribution in [-0.4, -0.2) is 14.3 Å². The fourth-order valence-electron chi connectivity index (χ4n) is 1.65. The number of hydrogen-bond acceptors (Lipinski definition) is 4. The summed E-state index contributed by atoms with van der Waals surface area (Å²) in [4.78, 5) is 23.4. The van der Waals surface area contributed by atoms with Gasteiger partial charge in [0.25, 0.3) is 5.56 Å². The van der Waals surface area contributed by atoms with E-state index < -0.39 is 34.1 Å². The molecule has 6 nitrogen and oxygen atoms in total. The summed E-state index contributed by atoms with van der Waals surface area (Å²) in [5.74, 6) is -1.97. The molecular weight excluding hydrogens is 270 g/mol. The van der Waals surface area contributed by atoms with Gasteiger partial charge in [-0.1, -0.05) is 0 Å². The van der Waals surface area contributed by atoms with Crippen molar-refractivity contribution in [1.82, 2.24) is 14.3 Å². The molecule has 1 aromatic heterocycles. The summed E-state index contributed by atoms with van der Waals surface area (Å²) < 4.78 is 28.7. The Hall–Kier alpha value is -2.82. The number of aryl methyl sites for hydroxylation is 1. The molecule has 0 saturated carbocycles. The first kappa shape index (κ1) is 13.6. The van der Waals surface area contributed by atoms with Crippen molar-refractivity contribution in [2.24, 2.45) is 7.05 Å². The molecule has 2 rings (SSSR count). The molecule has 0 amide bonds. The Kier molecular flexibility index (Phi) is 3.19. The average molecular weight is 278 g/mol. The lowest BCUT2D eigenvalue weighted by Gasteiger charge is -2.09. The second-order valence-electron chi connectivity index (χ2n) is 4.04. The van der Waals surface area contributed by atoms with Crippen LogP contribution >= 0.6 is 0 Å². The Morgan fingerprint density at radius 2 is 1.90 bits per heavy atom. The fraction of sp³-hybridized carbons (Fsp3) is 0.167. The lowest BCUT2D eigenvalue weighted by molar-refractivity contribution is 0.563. The third kappa shape index (κ3) is 1.99. The van der Waals surface area contributed by atoms with E-state index in [-0.39, 0.29) is 5.69 Å². The largest absolute Gasteiger partial charge is 0.352 e. The van der Waals surface area contributed by atoms with Crippen LogP contribution in [0.4, 0.5) is 8.78 Å². The van der Waals surface area contributed by atoms with Gasteiger partial charge in [-0.05, 0) is 13.0 Å². The summed E-state index contributed by atoms with van der Waals surface area (Å²) in [6, 6.07) is 2.84. The van der Waals surface area contributed by atoms with E-state index in [0.717, 1.165) is 4.57 Å². The van der Waals surface area contributed by atoms with Crippen molar-refractivity contribution in [2.45, 2.75) is 6.92 Å². The number of aromatic nitrogens is 3. The number of nitriles is 1. The maximum absolute atomic E-state index is 13.8. The van der Waals surface area contributed by atoms with Gasteiger partial charge in [-0.25, -0.2) is 13.6 Å². The molecule has 0 atom stereocenters. The van der Waals surface area contributed by atoms with Gasteiger partial charge >= 0.3 is 5.69 Å². The minimum absolute atomic E-state index is 0.0451. The molecule has 0 saturated heterocycles. The quantitative estimate of drug-likeness (QED) is 0.755. The SMILES string of the molecule is Cc1nn(-c2cc(F)c(C#N)cc2F)c(=O)n(C)c1=O. The van der Waals surface area contributed by atoms with Crippen LogP contribution in [0.25, 0.3) is 5.69 Å². The van der Waals surface area contributed by atoms with Crippen LogP contribution in [0.15, 0.2) is 21.7 Å². The summed E-state index contributed by atoms with van der Waals surface area (Å²) in [5.41, 5.74) is -2.54. The molecule has 0 bridgehead atoms. The molecular formula is C12H8F2N4O2. The van der Waals surface area contributed by atoms with Crippen molar-refractivity contribution < 1.29 is 8.78 Å². The van der Waals surface area contributed by atoms with Crippen LogP contribution < -0.4 is 11.2 Å². The molecule has 0 spiro atoms. The highest BCUT2D eigenvalue weighted by atomic mass is 19.1. The van der Waals surface area contributed by atoms with E-state index >= 15 is 0 Å². The van der Waals surface area contributed by atoms with Gasteiger partial charge in [-0.2, -0.15) is 15.0 Å². The Bertz CT molecular complexity index is 861. The van der Waals surface area contributed by atoms with Crippen molar-refractivity contribution in [3.63, 3.8) is 0 Å². The van der Waals surface area contributed by atoms with Gasteiger partial charge in [-0.15, -0.1) is 0 Å². The highest BCUT2D eigenvalue weighted by Crippen LogP contribution is 2.16. The Balaban J connectivity index is 2.84. The summed E-state index contributed by atoms with van der Waals surface area (Å²) in [7, 11) is 1.20. The van der Waals surface area contributed by atoms with Crippen molar-refractivity contribution in [3.8, 4) is 11.8 Å². The predicted molar refractivity (Wildman–Crippen MR) is 64.4 cm³/mol. The number of halogens is 2. The van der Waals surface area contributed by atoms with E-state index in [1.54, 1.807) is 0 Å². The monoisotopic (exact) mass is 278 g/mol. The van der Waals surface area contributed by atoms with E-state index in [1.165, 1.54) is 20.0 Å². The fourth-order valence-corrected chi connectivity index (χ4v) is 1.65. The van der Waals surface area contributed by atoms with Gasteiger partial charge in [0.05, 0.1) is 5.56 Å². The van der Waals surface area contributed by atoms with Crippen LogP contribution in [0.2, 0.25) is 0 Å². The van der Waals surface area contributed by atoms with Crippen molar-refractivity contribution >= 4 is 0 Å². The van der Waals surface area contributed by atoms with Gasteiger partial charge in [0.1, 0.15) is 23.3 Å². The summed E-state index contributed by atoms with van der Waals surface area (Å²) in [6.07, 6.45) is 0. The minimum atomic E-state index is -0.990. The summed E-state index contributed by atoms with van der Waals surface area (Å²) in [6.45, 7) is 1.34.